The molecule has 0 radical (unpaired) electrons. The lowest BCUT2D eigenvalue weighted by molar-refractivity contribution is -0.384. The lowest BCUT2D eigenvalue weighted by Crippen LogP contribution is -2.11. The lowest BCUT2D eigenvalue weighted by Gasteiger charge is -2.05. The third kappa shape index (κ3) is 5.30. The number of benzene rings is 3. The van der Waals surface area contributed by atoms with Gasteiger partial charge in [0.2, 0.25) is 5.91 Å². The van der Waals surface area contributed by atoms with Crippen molar-refractivity contribution in [3.05, 3.63) is 106 Å². The van der Waals surface area contributed by atoms with Crippen molar-refractivity contribution in [2.45, 2.75) is 6.54 Å². The molecule has 0 fully saturated rings. The van der Waals surface area contributed by atoms with Crippen LogP contribution >= 0.6 is 0 Å². The van der Waals surface area contributed by atoms with E-state index < -0.39 is 16.8 Å². The fraction of sp³-hybridized carbons (Fsp3) is 0.0455. The van der Waals surface area contributed by atoms with E-state index in [0.717, 1.165) is 28.7 Å². The molecule has 1 aromatic heterocycles. The van der Waals surface area contributed by atoms with Gasteiger partial charge in [-0.3, -0.25) is 14.9 Å². The Balaban J connectivity index is 0.000000196. The molecule has 0 bridgehead atoms. The summed E-state index contributed by atoms with van der Waals surface area (Å²) in [5.41, 5.74) is 8.82. The second-order valence-electron chi connectivity index (χ2n) is 6.53. The summed E-state index contributed by atoms with van der Waals surface area (Å²) in [6.45, 7) is 0.668. The van der Waals surface area contributed by atoms with Gasteiger partial charge >= 0.3 is 5.97 Å². The minimum atomic E-state index is -1.09. The zero-order chi connectivity index (χ0) is 22.4. The van der Waals surface area contributed by atoms with Crippen molar-refractivity contribution in [2.24, 2.45) is 5.73 Å². The Bertz CT molecular complexity index is 1220. The fourth-order valence-electron chi connectivity index (χ4n) is 2.88. The van der Waals surface area contributed by atoms with Gasteiger partial charge in [-0.15, -0.1) is 0 Å². The van der Waals surface area contributed by atoms with Crippen molar-refractivity contribution < 1.29 is 19.6 Å². The Morgan fingerprint density at radius 2 is 1.71 bits per heavy atom. The molecule has 9 nitrogen and oxygen atoms in total. The normalized spacial score (nSPS) is 10.2. The van der Waals surface area contributed by atoms with Crippen LogP contribution in [0.4, 0.5) is 5.69 Å². The zero-order valence-electron chi connectivity index (χ0n) is 16.2. The number of non-ortho nitro benzene ring substituents is 1. The van der Waals surface area contributed by atoms with Gasteiger partial charge in [-0.2, -0.15) is 0 Å². The molecule has 0 aliphatic rings. The van der Waals surface area contributed by atoms with Gasteiger partial charge in [0.15, 0.2) is 0 Å². The summed E-state index contributed by atoms with van der Waals surface area (Å²) in [7, 11) is 0. The van der Waals surface area contributed by atoms with Crippen LogP contribution in [0.3, 0.4) is 0 Å². The smallest absolute Gasteiger partial charge is 0.335 e. The number of carbonyl (C=O) groups excluding carboxylic acids is 1. The summed E-state index contributed by atoms with van der Waals surface area (Å²) in [6.07, 6.45) is 1.81. The second-order valence-corrected chi connectivity index (χ2v) is 6.53. The third-order valence-corrected chi connectivity index (χ3v) is 4.42. The molecule has 0 atom stereocenters. The maximum atomic E-state index is 11.2. The summed E-state index contributed by atoms with van der Waals surface area (Å²) in [6, 6.07) is 20.0. The predicted molar refractivity (Wildman–Crippen MR) is 114 cm³/mol. The maximum Gasteiger partial charge on any atom is 0.335 e. The lowest BCUT2D eigenvalue weighted by atomic mass is 10.1. The molecule has 0 saturated heterocycles. The summed E-state index contributed by atoms with van der Waals surface area (Å²) in [5, 5.41) is 18.6. The first kappa shape index (κ1) is 21.2. The molecule has 3 N–H and O–H groups in total. The minimum Gasteiger partial charge on any atom is -0.478 e. The number of hydrogen-bond donors (Lipinski definition) is 2. The van der Waals surface area contributed by atoms with Crippen molar-refractivity contribution in [3.63, 3.8) is 0 Å². The van der Waals surface area contributed by atoms with Gasteiger partial charge in [-0.05, 0) is 42.0 Å². The Kier molecular flexibility index (Phi) is 6.36. The van der Waals surface area contributed by atoms with Crippen LogP contribution in [0.15, 0.2) is 79.1 Å². The number of carboxylic acid groups (broad SMARTS) is 1. The third-order valence-electron chi connectivity index (χ3n) is 4.42. The van der Waals surface area contributed by atoms with Gasteiger partial charge in [0, 0.05) is 24.2 Å². The van der Waals surface area contributed by atoms with Crippen molar-refractivity contribution in [2.75, 3.05) is 0 Å². The number of nitro benzene ring substituents is 1. The highest BCUT2D eigenvalue weighted by atomic mass is 16.6. The Morgan fingerprint density at radius 1 is 1.00 bits per heavy atom. The molecule has 9 heteroatoms. The number of fused-ring (bicyclic) bond motifs is 1. The van der Waals surface area contributed by atoms with Crippen molar-refractivity contribution in [3.8, 4) is 0 Å². The average Bonchev–Trinajstić information content (AvgIpc) is 3.17. The molecule has 156 valence electrons. The van der Waals surface area contributed by atoms with E-state index in [-0.39, 0.29) is 11.3 Å². The molecule has 0 aliphatic carbocycles. The summed E-state index contributed by atoms with van der Waals surface area (Å²) < 4.78 is 2.05. The van der Waals surface area contributed by atoms with Gasteiger partial charge in [0.05, 0.1) is 27.8 Å². The Hall–Kier alpha value is -4.53. The number of imidazole rings is 1. The number of nitro groups is 1. The van der Waals surface area contributed by atoms with E-state index in [2.05, 4.69) is 9.55 Å². The molecule has 0 aliphatic heterocycles. The predicted octanol–water partition coefficient (Wildman–Crippen LogP) is 3.48. The van der Waals surface area contributed by atoms with E-state index in [9.17, 15) is 19.7 Å². The van der Waals surface area contributed by atoms with E-state index in [1.165, 1.54) is 12.1 Å². The van der Waals surface area contributed by atoms with Gasteiger partial charge < -0.3 is 15.4 Å². The number of aromatic carboxylic acids is 1. The van der Waals surface area contributed by atoms with Crippen molar-refractivity contribution in [1.82, 2.24) is 9.55 Å². The first-order chi connectivity index (χ1) is 14.8. The highest BCUT2D eigenvalue weighted by Gasteiger charge is 2.07. The molecular weight excluding hydrogens is 400 g/mol. The molecular formula is C22H18N4O5. The molecule has 0 unspecified atom stereocenters. The van der Waals surface area contributed by atoms with Gasteiger partial charge in [0.25, 0.3) is 5.69 Å². The van der Waals surface area contributed by atoms with Gasteiger partial charge in [-0.1, -0.05) is 24.3 Å². The molecule has 0 saturated carbocycles. The SMILES string of the molecule is NC(=O)c1cccc(Cn2cnc3ccccc32)c1.O=C(O)c1ccc([N+](=O)[O-])cc1. The molecule has 4 rings (SSSR count). The molecule has 1 amide bonds. The zero-order valence-corrected chi connectivity index (χ0v) is 16.2. The fourth-order valence-corrected chi connectivity index (χ4v) is 2.88. The van der Waals surface area contributed by atoms with Crippen LogP contribution in [0.2, 0.25) is 0 Å². The topological polar surface area (TPSA) is 141 Å². The molecule has 3 aromatic carbocycles. The quantitative estimate of drug-likeness (QED) is 0.375. The second kappa shape index (κ2) is 9.31. The molecule has 4 aromatic rings. The number of carboxylic acids is 1. The van der Waals surface area contributed by atoms with Crippen LogP contribution in [0.25, 0.3) is 11.0 Å². The van der Waals surface area contributed by atoms with Crippen LogP contribution in [-0.4, -0.2) is 31.5 Å². The highest BCUT2D eigenvalue weighted by Crippen LogP contribution is 2.15. The van der Waals surface area contributed by atoms with E-state index >= 15 is 0 Å². The summed E-state index contributed by atoms with van der Waals surface area (Å²) >= 11 is 0. The van der Waals surface area contributed by atoms with Crippen molar-refractivity contribution in [1.29, 1.82) is 0 Å². The molecule has 31 heavy (non-hydrogen) atoms. The van der Waals surface area contributed by atoms with E-state index in [4.69, 9.17) is 10.8 Å². The Labute approximate surface area is 176 Å². The average molecular weight is 418 g/mol. The van der Waals surface area contributed by atoms with Gasteiger partial charge in [-0.25, -0.2) is 9.78 Å². The number of hydrogen-bond acceptors (Lipinski definition) is 5. The van der Waals surface area contributed by atoms with Crippen LogP contribution < -0.4 is 5.73 Å². The molecule has 0 spiro atoms. The van der Waals surface area contributed by atoms with E-state index in [1.807, 2.05) is 48.8 Å². The number of amides is 1. The number of nitrogens with zero attached hydrogens (tertiary/aromatic N) is 3. The van der Waals surface area contributed by atoms with Crippen LogP contribution in [0.1, 0.15) is 26.3 Å². The number of para-hydroxylation sites is 2. The van der Waals surface area contributed by atoms with E-state index in [1.54, 1.807) is 6.07 Å². The van der Waals surface area contributed by atoms with Gasteiger partial charge in [0.1, 0.15) is 0 Å². The molecule has 1 heterocycles. The van der Waals surface area contributed by atoms with Crippen LogP contribution in [-0.2, 0) is 6.54 Å². The van der Waals surface area contributed by atoms with E-state index in [0.29, 0.717) is 12.1 Å². The summed E-state index contributed by atoms with van der Waals surface area (Å²) in [5.74, 6) is -1.50. The number of nitrogens with two attached hydrogens (primary N) is 1. The maximum absolute atomic E-state index is 11.2. The number of primary amides is 1. The highest BCUT2D eigenvalue weighted by molar-refractivity contribution is 5.92. The largest absolute Gasteiger partial charge is 0.478 e. The first-order valence-corrected chi connectivity index (χ1v) is 9.11. The monoisotopic (exact) mass is 418 g/mol. The number of rotatable bonds is 5. The minimum absolute atomic E-state index is 0.0422. The Morgan fingerprint density at radius 3 is 2.35 bits per heavy atom. The van der Waals surface area contributed by atoms with Crippen LogP contribution in [0, 0.1) is 10.1 Å². The van der Waals surface area contributed by atoms with Crippen molar-refractivity contribution >= 4 is 28.6 Å². The standard InChI is InChI=1S/C15H13N3O.C7H5NO4/c16-15(19)12-5-3-4-11(8-12)9-18-10-17-13-6-1-2-7-14(13)18;9-7(10)5-1-3-6(4-2-5)8(11)12/h1-8,10H,9H2,(H2,16,19);1-4H,(H,9,10). The summed E-state index contributed by atoms with van der Waals surface area (Å²) in [4.78, 5) is 35.4. The first-order valence-electron chi connectivity index (χ1n) is 9.11. The number of aromatic nitrogens is 2. The van der Waals surface area contributed by atoms with Crippen LogP contribution in [0.5, 0.6) is 0 Å². The number of carbonyl (C=O) groups is 2.